The van der Waals surface area contributed by atoms with Gasteiger partial charge in [-0.1, -0.05) is 0 Å². The molecular weight excluding hydrogens is 340 g/mol. The van der Waals surface area contributed by atoms with Crippen LogP contribution in [0.25, 0.3) is 0 Å². The van der Waals surface area contributed by atoms with Gasteiger partial charge in [-0.3, -0.25) is 20.4 Å². The van der Waals surface area contributed by atoms with Crippen molar-refractivity contribution in [3.8, 4) is 0 Å². The molecule has 0 spiro atoms. The van der Waals surface area contributed by atoms with Gasteiger partial charge in [-0.2, -0.15) is 0 Å². The Hall–Kier alpha value is -1.30. The first-order valence-corrected chi connectivity index (χ1v) is 9.12. The third-order valence-corrected chi connectivity index (χ3v) is 5.45. The minimum atomic E-state index is -0.860. The molecule has 0 aromatic rings. The van der Waals surface area contributed by atoms with E-state index in [1.54, 1.807) is 0 Å². The first-order valence-electron chi connectivity index (χ1n) is 9.12. The highest BCUT2D eigenvalue weighted by atomic mass is 16.4. The molecule has 3 rings (SSSR count). The van der Waals surface area contributed by atoms with Crippen molar-refractivity contribution in [3.63, 3.8) is 0 Å². The van der Waals surface area contributed by atoms with Crippen molar-refractivity contribution in [1.29, 1.82) is 0 Å². The molecule has 10 heteroatoms. The van der Waals surface area contributed by atoms with Crippen LogP contribution in [-0.4, -0.2) is 108 Å². The minimum absolute atomic E-state index is 0.336. The van der Waals surface area contributed by atoms with E-state index in [0.29, 0.717) is 52.4 Å². The molecule has 3 aliphatic rings. The number of aliphatic carboxylic acids is 2. The van der Waals surface area contributed by atoms with Crippen LogP contribution in [0.2, 0.25) is 0 Å². The van der Waals surface area contributed by atoms with E-state index in [1.807, 2.05) is 23.6 Å². The van der Waals surface area contributed by atoms with E-state index in [-0.39, 0.29) is 11.1 Å². The first kappa shape index (κ1) is 19.5. The molecule has 0 radical (unpaired) electrons. The normalized spacial score (nSPS) is 44.4. The number of fused-ring (bicyclic) bond motifs is 4. The lowest BCUT2D eigenvalue weighted by atomic mass is 10.0. The van der Waals surface area contributed by atoms with Gasteiger partial charge >= 0.3 is 11.9 Å². The van der Waals surface area contributed by atoms with Crippen LogP contribution < -0.4 is 21.3 Å². The van der Waals surface area contributed by atoms with Gasteiger partial charge in [0.25, 0.3) is 0 Å². The summed E-state index contributed by atoms with van der Waals surface area (Å²) < 4.78 is 0. The molecule has 3 saturated heterocycles. The number of hydrogen-bond donors (Lipinski definition) is 6. The van der Waals surface area contributed by atoms with Gasteiger partial charge in [0, 0.05) is 63.4 Å². The Bertz CT molecular complexity index is 515. The molecule has 26 heavy (non-hydrogen) atoms. The molecule has 0 aromatic heterocycles. The van der Waals surface area contributed by atoms with Gasteiger partial charge in [-0.05, 0) is 13.8 Å². The third-order valence-electron chi connectivity index (χ3n) is 5.45. The van der Waals surface area contributed by atoms with Crippen LogP contribution in [0.1, 0.15) is 13.8 Å². The largest absolute Gasteiger partial charge is 0.479 e. The van der Waals surface area contributed by atoms with Crippen molar-refractivity contribution >= 4 is 11.9 Å². The Balaban J connectivity index is 1.71. The quantitative estimate of drug-likeness (QED) is 0.306. The van der Waals surface area contributed by atoms with Crippen LogP contribution in [0.4, 0.5) is 0 Å². The molecule has 6 atom stereocenters. The average molecular weight is 370 g/mol. The van der Waals surface area contributed by atoms with Crippen LogP contribution in [0, 0.1) is 0 Å². The van der Waals surface area contributed by atoms with Gasteiger partial charge in [0.1, 0.15) is 0 Å². The van der Waals surface area contributed by atoms with Crippen molar-refractivity contribution in [3.05, 3.63) is 0 Å². The van der Waals surface area contributed by atoms with Crippen molar-refractivity contribution < 1.29 is 19.8 Å². The summed E-state index contributed by atoms with van der Waals surface area (Å²) in [5.74, 6) is -1.72. The molecule has 0 aromatic carbocycles. The van der Waals surface area contributed by atoms with Crippen LogP contribution >= 0.6 is 0 Å². The molecule has 0 aliphatic carbocycles. The fourth-order valence-corrected chi connectivity index (χ4v) is 4.25. The lowest BCUT2D eigenvalue weighted by molar-refractivity contribution is -0.143. The maximum absolute atomic E-state index is 11.6. The molecule has 0 amide bonds. The average Bonchev–Trinajstić information content (AvgIpc) is 3.06. The number of rotatable bonds is 2. The van der Waals surface area contributed by atoms with Crippen LogP contribution in [0.3, 0.4) is 0 Å². The zero-order chi connectivity index (χ0) is 18.9. The van der Waals surface area contributed by atoms with E-state index >= 15 is 0 Å². The van der Waals surface area contributed by atoms with Crippen molar-refractivity contribution in [2.24, 2.45) is 0 Å². The predicted molar refractivity (Wildman–Crippen MR) is 94.8 cm³/mol. The number of hydrogen-bond acceptors (Lipinski definition) is 8. The zero-order valence-electron chi connectivity index (χ0n) is 15.4. The SMILES string of the molecule is C[C@]12CNCCN3C[C@@](C)(CNCCN(C1)[C@@H](C(=O)O)N2)N[C@H]3C(=O)O. The lowest BCUT2D eigenvalue weighted by Crippen LogP contribution is -2.53. The first-order chi connectivity index (χ1) is 12.2. The van der Waals surface area contributed by atoms with Crippen molar-refractivity contribution in [1.82, 2.24) is 31.1 Å². The summed E-state index contributed by atoms with van der Waals surface area (Å²) in [5.41, 5.74) is -0.672. The molecule has 10 nitrogen and oxygen atoms in total. The third kappa shape index (κ3) is 4.16. The molecule has 3 fully saturated rings. The van der Waals surface area contributed by atoms with E-state index in [0.717, 1.165) is 0 Å². The van der Waals surface area contributed by atoms with Gasteiger partial charge in [0.2, 0.25) is 0 Å². The van der Waals surface area contributed by atoms with Gasteiger partial charge in [0.15, 0.2) is 12.3 Å². The van der Waals surface area contributed by atoms with E-state index in [4.69, 9.17) is 0 Å². The fourth-order valence-electron chi connectivity index (χ4n) is 4.25. The van der Waals surface area contributed by atoms with E-state index in [2.05, 4.69) is 21.3 Å². The summed E-state index contributed by atoms with van der Waals surface area (Å²) in [4.78, 5) is 27.0. The molecule has 4 bridgehead atoms. The highest BCUT2D eigenvalue weighted by Gasteiger charge is 2.45. The summed E-state index contributed by atoms with van der Waals surface area (Å²) in [6.07, 6.45) is -1.36. The van der Waals surface area contributed by atoms with Crippen molar-refractivity contribution in [2.75, 3.05) is 52.4 Å². The predicted octanol–water partition coefficient (Wildman–Crippen LogP) is -2.67. The van der Waals surface area contributed by atoms with Gasteiger partial charge in [-0.15, -0.1) is 0 Å². The topological polar surface area (TPSA) is 129 Å². The highest BCUT2D eigenvalue weighted by Crippen LogP contribution is 2.20. The Morgan fingerprint density at radius 3 is 1.58 bits per heavy atom. The Labute approximate surface area is 153 Å². The number of nitrogens with zero attached hydrogens (tertiary/aromatic N) is 2. The van der Waals surface area contributed by atoms with Crippen LogP contribution in [0.15, 0.2) is 0 Å². The molecular formula is C16H30N6O4. The smallest absolute Gasteiger partial charge is 0.335 e. The molecule has 6 N–H and O–H groups in total. The summed E-state index contributed by atoms with van der Waals surface area (Å²) in [5, 5.41) is 32.1. The van der Waals surface area contributed by atoms with E-state index in [1.165, 1.54) is 0 Å². The van der Waals surface area contributed by atoms with E-state index < -0.39 is 24.3 Å². The number of carboxylic acids is 2. The second kappa shape index (κ2) is 7.37. The molecule has 2 unspecified atom stereocenters. The Morgan fingerprint density at radius 2 is 1.23 bits per heavy atom. The standard InChI is InChI=1S/C16H30N6O4/c1-15-7-17-3-6-22-10-16(2,20-12(22)14(25)26)8-18-4-5-21(9-15)11(19-15)13(23)24/h11-12,17-20H,3-10H2,1-2H3,(H,23,24)(H,25,26)/t11-,12+,15-,16+. The van der Waals surface area contributed by atoms with Crippen molar-refractivity contribution in [2.45, 2.75) is 37.3 Å². The van der Waals surface area contributed by atoms with Crippen LogP contribution in [0.5, 0.6) is 0 Å². The Kier molecular flexibility index (Phi) is 5.52. The zero-order valence-corrected chi connectivity index (χ0v) is 15.4. The lowest BCUT2D eigenvalue weighted by Gasteiger charge is -2.28. The molecule has 0 saturated carbocycles. The second-order valence-electron chi connectivity index (χ2n) is 8.19. The minimum Gasteiger partial charge on any atom is -0.479 e. The Morgan fingerprint density at radius 1 is 0.846 bits per heavy atom. The van der Waals surface area contributed by atoms with Gasteiger partial charge < -0.3 is 20.8 Å². The maximum Gasteiger partial charge on any atom is 0.335 e. The summed E-state index contributed by atoms with van der Waals surface area (Å²) in [6.45, 7) is 9.09. The maximum atomic E-state index is 11.6. The fraction of sp³-hybridized carbons (Fsp3) is 0.875. The monoisotopic (exact) mass is 370 g/mol. The molecule has 3 heterocycles. The molecule has 3 aliphatic heterocycles. The highest BCUT2D eigenvalue weighted by molar-refractivity contribution is 5.74. The van der Waals surface area contributed by atoms with E-state index in [9.17, 15) is 19.8 Å². The second-order valence-corrected chi connectivity index (χ2v) is 8.19. The van der Waals surface area contributed by atoms with Crippen LogP contribution in [-0.2, 0) is 9.59 Å². The summed E-state index contributed by atoms with van der Waals surface area (Å²) in [6, 6.07) is 0. The van der Waals surface area contributed by atoms with Gasteiger partial charge in [0.05, 0.1) is 0 Å². The van der Waals surface area contributed by atoms with Gasteiger partial charge in [-0.25, -0.2) is 9.59 Å². The summed E-state index contributed by atoms with van der Waals surface area (Å²) in [7, 11) is 0. The summed E-state index contributed by atoms with van der Waals surface area (Å²) >= 11 is 0. The number of carbonyl (C=O) groups is 2. The number of carboxylic acid groups (broad SMARTS) is 2. The number of nitrogens with one attached hydrogen (secondary N) is 4. The molecule has 148 valence electrons.